The number of methoxy groups -OCH3 is 1. The van der Waals surface area contributed by atoms with E-state index in [4.69, 9.17) is 49.7 Å². The smallest absolute Gasteiger partial charge is 0.265 e. The van der Waals surface area contributed by atoms with Crippen molar-refractivity contribution < 1.29 is 9.47 Å². The van der Waals surface area contributed by atoms with Gasteiger partial charge in [0.15, 0.2) is 6.10 Å². The van der Waals surface area contributed by atoms with Crippen LogP contribution in [-0.2, 0) is 4.74 Å². The molecule has 0 aromatic heterocycles. The minimum Gasteiger partial charge on any atom is -0.497 e. The van der Waals surface area contributed by atoms with Crippen molar-refractivity contribution in [3.05, 3.63) is 77.9 Å². The molecule has 0 aliphatic heterocycles. The maximum absolute atomic E-state index is 7.97. The van der Waals surface area contributed by atoms with Gasteiger partial charge < -0.3 is 9.47 Å². The Hall–Kier alpha value is -1.94. The topological polar surface area (TPSA) is 42.3 Å². The van der Waals surface area contributed by atoms with Crippen molar-refractivity contribution in [2.24, 2.45) is 0 Å². The summed E-state index contributed by atoms with van der Waals surface area (Å²) in [5, 5.41) is 10.1. The fraction of sp³-hybridized carbons (Fsp3) is 0.150. The van der Waals surface area contributed by atoms with Gasteiger partial charge in [-0.25, -0.2) is 0 Å². The van der Waals surface area contributed by atoms with Gasteiger partial charge in [-0.15, -0.1) is 0 Å². The minimum absolute atomic E-state index is 0.434. The first kappa shape index (κ1) is 18.8. The van der Waals surface area contributed by atoms with E-state index in [9.17, 15) is 0 Å². The number of alkyl halides is 3. The highest BCUT2D eigenvalue weighted by Gasteiger charge is 2.32. The van der Waals surface area contributed by atoms with Gasteiger partial charge >= 0.3 is 0 Å². The van der Waals surface area contributed by atoms with Crippen molar-refractivity contribution in [3.8, 4) is 5.75 Å². The number of hydrogen-bond donors (Lipinski definition) is 1. The second-order valence-electron chi connectivity index (χ2n) is 5.70. The maximum Gasteiger partial charge on any atom is 0.265 e. The first-order valence-electron chi connectivity index (χ1n) is 7.83. The summed E-state index contributed by atoms with van der Waals surface area (Å²) in [6.45, 7) is 0. The number of nitrogens with one attached hydrogen (secondary N) is 1. The molecule has 0 amide bonds. The zero-order chi connectivity index (χ0) is 18.7. The van der Waals surface area contributed by atoms with Crippen LogP contribution in [-0.4, -0.2) is 16.8 Å². The van der Waals surface area contributed by atoms with E-state index in [-0.39, 0.29) is 0 Å². The number of hydrogen-bond acceptors (Lipinski definition) is 3. The number of fused-ring (bicyclic) bond motifs is 1. The Bertz CT molecular complexity index is 920. The van der Waals surface area contributed by atoms with Crippen molar-refractivity contribution in [3.63, 3.8) is 0 Å². The van der Waals surface area contributed by atoms with Gasteiger partial charge in [-0.3, -0.25) is 5.41 Å². The molecule has 0 aliphatic rings. The summed E-state index contributed by atoms with van der Waals surface area (Å²) in [4.78, 5) is 0. The van der Waals surface area contributed by atoms with Crippen molar-refractivity contribution >= 4 is 51.5 Å². The largest absolute Gasteiger partial charge is 0.497 e. The van der Waals surface area contributed by atoms with Crippen LogP contribution in [0.1, 0.15) is 17.2 Å². The number of halogens is 3. The minimum atomic E-state index is -1.93. The monoisotopic (exact) mass is 407 g/mol. The molecule has 1 atom stereocenters. The highest BCUT2D eigenvalue weighted by molar-refractivity contribution is 6.76. The molecule has 3 aromatic carbocycles. The molecule has 0 saturated carbocycles. The van der Waals surface area contributed by atoms with Crippen LogP contribution in [0.15, 0.2) is 66.7 Å². The number of benzene rings is 3. The van der Waals surface area contributed by atoms with Crippen LogP contribution >= 0.6 is 34.8 Å². The predicted molar refractivity (Wildman–Crippen MR) is 108 cm³/mol. The fourth-order valence-corrected chi connectivity index (χ4v) is 2.80. The number of ether oxygens (including phenoxy) is 2. The van der Waals surface area contributed by atoms with Crippen LogP contribution in [0.2, 0.25) is 0 Å². The molecule has 3 aromatic rings. The maximum atomic E-state index is 7.97. The van der Waals surface area contributed by atoms with Crippen LogP contribution < -0.4 is 4.74 Å². The zero-order valence-electron chi connectivity index (χ0n) is 13.9. The molecule has 0 heterocycles. The molecule has 0 radical (unpaired) electrons. The van der Waals surface area contributed by atoms with E-state index in [1.54, 1.807) is 7.11 Å². The Balaban J connectivity index is 2.04. The molecule has 6 heteroatoms. The Labute approximate surface area is 166 Å². The lowest BCUT2D eigenvalue weighted by atomic mass is 9.98. The van der Waals surface area contributed by atoms with E-state index in [0.717, 1.165) is 27.6 Å². The molecule has 0 bridgehead atoms. The standard InChI is InChI=1S/C20H16Cl3NO2/c1-25-17-10-8-14(9-11-17)18(26-19(24)20(21,22)23)16-7-6-13-4-2-3-5-15(13)12-16/h2-12,18,24H,1H3. The molecule has 3 rings (SSSR count). The lowest BCUT2D eigenvalue weighted by Crippen LogP contribution is -2.24. The fourth-order valence-electron chi connectivity index (χ4n) is 2.66. The summed E-state index contributed by atoms with van der Waals surface area (Å²) in [6, 6.07) is 21.3. The Morgan fingerprint density at radius 3 is 2.12 bits per heavy atom. The van der Waals surface area contributed by atoms with Crippen molar-refractivity contribution in [2.75, 3.05) is 7.11 Å². The van der Waals surface area contributed by atoms with Gasteiger partial charge in [0, 0.05) is 0 Å². The van der Waals surface area contributed by atoms with Crippen molar-refractivity contribution in [2.45, 2.75) is 9.90 Å². The van der Waals surface area contributed by atoms with Gasteiger partial charge in [0.1, 0.15) is 5.75 Å². The molecular weight excluding hydrogens is 393 g/mol. The Morgan fingerprint density at radius 1 is 0.885 bits per heavy atom. The van der Waals surface area contributed by atoms with E-state index in [1.807, 2.05) is 66.7 Å². The molecule has 0 aliphatic carbocycles. The summed E-state index contributed by atoms with van der Waals surface area (Å²) < 4.78 is 9.03. The van der Waals surface area contributed by atoms with Crippen molar-refractivity contribution in [1.29, 1.82) is 5.41 Å². The van der Waals surface area contributed by atoms with Gasteiger partial charge in [0.05, 0.1) is 7.11 Å². The first-order valence-corrected chi connectivity index (χ1v) is 8.97. The normalized spacial score (nSPS) is 12.6. The molecule has 1 N–H and O–H groups in total. The average molecular weight is 409 g/mol. The predicted octanol–water partition coefficient (Wildman–Crippen LogP) is 6.30. The van der Waals surface area contributed by atoms with Gasteiger partial charge in [-0.2, -0.15) is 0 Å². The molecule has 134 valence electrons. The summed E-state index contributed by atoms with van der Waals surface area (Å²) >= 11 is 17.4. The lowest BCUT2D eigenvalue weighted by molar-refractivity contribution is 0.226. The van der Waals surface area contributed by atoms with Gasteiger partial charge in [-0.05, 0) is 40.1 Å². The highest BCUT2D eigenvalue weighted by Crippen LogP contribution is 2.35. The second-order valence-corrected chi connectivity index (χ2v) is 7.99. The molecule has 0 saturated heterocycles. The summed E-state index contributed by atoms with van der Waals surface area (Å²) in [5.41, 5.74) is 1.67. The third-order valence-electron chi connectivity index (χ3n) is 3.99. The van der Waals surface area contributed by atoms with E-state index in [2.05, 4.69) is 0 Å². The summed E-state index contributed by atoms with van der Waals surface area (Å²) in [5.74, 6) is 0.291. The van der Waals surface area contributed by atoms with Gasteiger partial charge in [0.2, 0.25) is 5.90 Å². The SMILES string of the molecule is COc1ccc(C(OC(=N)C(Cl)(Cl)Cl)c2ccc3ccccc3c2)cc1. The van der Waals surface area contributed by atoms with Crippen molar-refractivity contribution in [1.82, 2.24) is 0 Å². The summed E-state index contributed by atoms with van der Waals surface area (Å²) in [7, 11) is 1.60. The quantitative estimate of drug-likeness (QED) is 0.312. The third-order valence-corrected chi connectivity index (χ3v) is 4.50. The van der Waals surface area contributed by atoms with E-state index >= 15 is 0 Å². The first-order chi connectivity index (χ1) is 12.4. The van der Waals surface area contributed by atoms with E-state index in [1.165, 1.54) is 0 Å². The van der Waals surface area contributed by atoms with Crippen LogP contribution in [0.4, 0.5) is 0 Å². The van der Waals surface area contributed by atoms with Crippen LogP contribution in [0.25, 0.3) is 10.8 Å². The molecule has 26 heavy (non-hydrogen) atoms. The Kier molecular flexibility index (Phi) is 5.61. The average Bonchev–Trinajstić information content (AvgIpc) is 2.65. The van der Waals surface area contributed by atoms with E-state index in [0.29, 0.717) is 0 Å². The molecule has 3 nitrogen and oxygen atoms in total. The molecule has 0 fully saturated rings. The summed E-state index contributed by atoms with van der Waals surface area (Å²) in [6.07, 6.45) is -0.589. The lowest BCUT2D eigenvalue weighted by Gasteiger charge is -2.23. The number of rotatable bonds is 4. The zero-order valence-corrected chi connectivity index (χ0v) is 16.1. The molecular formula is C20H16Cl3NO2. The van der Waals surface area contributed by atoms with Gasteiger partial charge in [-0.1, -0.05) is 83.3 Å². The molecule has 1 unspecified atom stereocenters. The van der Waals surface area contributed by atoms with Crippen LogP contribution in [0.3, 0.4) is 0 Å². The Morgan fingerprint density at radius 2 is 1.50 bits per heavy atom. The van der Waals surface area contributed by atoms with Gasteiger partial charge in [0.25, 0.3) is 3.79 Å². The molecule has 0 spiro atoms. The van der Waals surface area contributed by atoms with Crippen LogP contribution in [0.5, 0.6) is 5.75 Å². The second kappa shape index (κ2) is 7.75. The van der Waals surface area contributed by atoms with Crippen LogP contribution in [0, 0.1) is 5.41 Å². The highest BCUT2D eigenvalue weighted by atomic mass is 35.6. The third kappa shape index (κ3) is 4.24. The van der Waals surface area contributed by atoms with E-state index < -0.39 is 15.8 Å².